The molecule has 0 fully saturated rings. The van der Waals surface area contributed by atoms with Crippen molar-refractivity contribution in [2.24, 2.45) is 0 Å². The maximum atomic E-state index is 12.1. The van der Waals surface area contributed by atoms with Crippen LogP contribution in [-0.2, 0) is 22.5 Å². The Hall–Kier alpha value is -0.620. The molecule has 1 amide bonds. The van der Waals surface area contributed by atoms with Gasteiger partial charge in [0.1, 0.15) is 0 Å². The van der Waals surface area contributed by atoms with Crippen LogP contribution >= 0.6 is 28.3 Å². The number of carbonyl (C=O) groups is 1. The van der Waals surface area contributed by atoms with E-state index in [9.17, 15) is 4.79 Å². The molecule has 0 aliphatic carbocycles. The van der Waals surface area contributed by atoms with E-state index in [4.69, 9.17) is 4.74 Å². The Kier molecular flexibility index (Phi) is 7.51. The molecule has 1 aromatic carbocycles. The first kappa shape index (κ1) is 17.4. The molecule has 6 heteroatoms. The fourth-order valence-corrected chi connectivity index (χ4v) is 2.77. The molecule has 0 saturated carbocycles. The fourth-order valence-electron chi connectivity index (χ4n) is 2.23. The highest BCUT2D eigenvalue weighted by Gasteiger charge is 2.21. The van der Waals surface area contributed by atoms with Gasteiger partial charge in [0.25, 0.3) is 0 Å². The van der Waals surface area contributed by atoms with Crippen molar-refractivity contribution in [2.45, 2.75) is 13.0 Å². The molecule has 4 nitrogen and oxygen atoms in total. The van der Waals surface area contributed by atoms with E-state index in [1.165, 1.54) is 11.1 Å². The van der Waals surface area contributed by atoms with Crippen LogP contribution < -0.4 is 5.32 Å². The SMILES string of the molecule is COCCNCC(=O)N1CCc2cccc(Br)c2C1.Cl. The number of nitrogens with one attached hydrogen (secondary N) is 1. The molecule has 0 aromatic heterocycles. The smallest absolute Gasteiger partial charge is 0.236 e. The van der Waals surface area contributed by atoms with Gasteiger partial charge in [0.05, 0.1) is 13.2 Å². The van der Waals surface area contributed by atoms with E-state index in [1.54, 1.807) is 7.11 Å². The Bertz CT molecular complexity index is 457. The molecule has 0 saturated heterocycles. The molecule has 20 heavy (non-hydrogen) atoms. The molecule has 0 atom stereocenters. The van der Waals surface area contributed by atoms with Gasteiger partial charge < -0.3 is 15.0 Å². The zero-order valence-electron chi connectivity index (χ0n) is 11.5. The first-order valence-corrected chi connectivity index (χ1v) is 7.25. The highest BCUT2D eigenvalue weighted by atomic mass is 79.9. The highest BCUT2D eigenvalue weighted by molar-refractivity contribution is 9.10. The third kappa shape index (κ3) is 4.45. The number of hydrogen-bond donors (Lipinski definition) is 1. The summed E-state index contributed by atoms with van der Waals surface area (Å²) < 4.78 is 6.03. The normalized spacial score (nSPS) is 13.6. The van der Waals surface area contributed by atoms with Crippen molar-refractivity contribution in [1.29, 1.82) is 0 Å². The molecule has 1 aromatic rings. The largest absolute Gasteiger partial charge is 0.383 e. The zero-order valence-corrected chi connectivity index (χ0v) is 13.9. The van der Waals surface area contributed by atoms with Crippen LogP contribution in [0.1, 0.15) is 11.1 Å². The van der Waals surface area contributed by atoms with Gasteiger partial charge in [0.15, 0.2) is 0 Å². The summed E-state index contributed by atoms with van der Waals surface area (Å²) in [5.74, 6) is 0.150. The highest BCUT2D eigenvalue weighted by Crippen LogP contribution is 2.26. The molecule has 0 spiro atoms. The molecule has 0 bridgehead atoms. The lowest BCUT2D eigenvalue weighted by Gasteiger charge is -2.29. The number of hydrogen-bond acceptors (Lipinski definition) is 3. The Morgan fingerprint density at radius 1 is 1.50 bits per heavy atom. The Morgan fingerprint density at radius 2 is 2.30 bits per heavy atom. The Balaban J connectivity index is 0.00000200. The van der Waals surface area contributed by atoms with Crippen molar-refractivity contribution >= 4 is 34.2 Å². The second kappa shape index (κ2) is 8.62. The molecule has 1 heterocycles. The van der Waals surface area contributed by atoms with Crippen molar-refractivity contribution in [1.82, 2.24) is 10.2 Å². The quantitative estimate of drug-likeness (QED) is 0.814. The summed E-state index contributed by atoms with van der Waals surface area (Å²) in [4.78, 5) is 14.0. The number of halogens is 2. The van der Waals surface area contributed by atoms with Crippen molar-refractivity contribution in [2.75, 3.05) is 33.4 Å². The minimum absolute atomic E-state index is 0. The van der Waals surface area contributed by atoms with Crippen LogP contribution in [0.5, 0.6) is 0 Å². The fraction of sp³-hybridized carbons (Fsp3) is 0.500. The lowest BCUT2D eigenvalue weighted by Crippen LogP contribution is -2.41. The molecule has 1 N–H and O–H groups in total. The van der Waals surface area contributed by atoms with Crippen LogP contribution in [-0.4, -0.2) is 44.2 Å². The van der Waals surface area contributed by atoms with E-state index in [0.717, 1.165) is 17.4 Å². The molecule has 2 rings (SSSR count). The van der Waals surface area contributed by atoms with Crippen molar-refractivity contribution in [3.8, 4) is 0 Å². The maximum absolute atomic E-state index is 12.1. The van der Waals surface area contributed by atoms with Gasteiger partial charge in [0.2, 0.25) is 5.91 Å². The Labute approximate surface area is 134 Å². The lowest BCUT2D eigenvalue weighted by molar-refractivity contribution is -0.131. The average Bonchev–Trinajstić information content (AvgIpc) is 2.43. The topological polar surface area (TPSA) is 41.6 Å². The summed E-state index contributed by atoms with van der Waals surface area (Å²) in [5.41, 5.74) is 2.57. The molecule has 1 aliphatic rings. The van der Waals surface area contributed by atoms with Gasteiger partial charge in [-0.1, -0.05) is 28.1 Å². The van der Waals surface area contributed by atoms with E-state index in [-0.39, 0.29) is 18.3 Å². The minimum atomic E-state index is 0. The summed E-state index contributed by atoms with van der Waals surface area (Å²) in [6.45, 7) is 3.21. The predicted molar refractivity (Wildman–Crippen MR) is 85.3 cm³/mol. The van der Waals surface area contributed by atoms with E-state index >= 15 is 0 Å². The molecule has 0 unspecified atom stereocenters. The first-order valence-electron chi connectivity index (χ1n) is 6.46. The third-order valence-electron chi connectivity index (χ3n) is 3.33. The molecular weight excluding hydrogens is 344 g/mol. The van der Waals surface area contributed by atoms with Gasteiger partial charge in [-0.25, -0.2) is 0 Å². The number of amides is 1. The van der Waals surface area contributed by atoms with Gasteiger partial charge in [-0.15, -0.1) is 12.4 Å². The van der Waals surface area contributed by atoms with Crippen LogP contribution in [0, 0.1) is 0 Å². The van der Waals surface area contributed by atoms with E-state index in [1.807, 2.05) is 17.0 Å². The molecule has 112 valence electrons. The van der Waals surface area contributed by atoms with Gasteiger partial charge in [-0.3, -0.25) is 4.79 Å². The van der Waals surface area contributed by atoms with Gasteiger partial charge in [-0.05, 0) is 23.6 Å². The van der Waals surface area contributed by atoms with Crippen LogP contribution in [0.15, 0.2) is 22.7 Å². The Morgan fingerprint density at radius 3 is 3.05 bits per heavy atom. The summed E-state index contributed by atoms with van der Waals surface area (Å²) in [6.07, 6.45) is 0.929. The lowest BCUT2D eigenvalue weighted by atomic mass is 10.00. The van der Waals surface area contributed by atoms with Crippen molar-refractivity contribution in [3.63, 3.8) is 0 Å². The van der Waals surface area contributed by atoms with Crippen LogP contribution in [0.25, 0.3) is 0 Å². The third-order valence-corrected chi connectivity index (χ3v) is 4.07. The van der Waals surface area contributed by atoms with Gasteiger partial charge in [-0.2, -0.15) is 0 Å². The van der Waals surface area contributed by atoms with Crippen LogP contribution in [0.4, 0.5) is 0 Å². The van der Waals surface area contributed by atoms with Crippen molar-refractivity contribution in [3.05, 3.63) is 33.8 Å². The van der Waals surface area contributed by atoms with E-state index in [2.05, 4.69) is 27.3 Å². The monoisotopic (exact) mass is 362 g/mol. The predicted octanol–water partition coefficient (Wildman–Crippen LogP) is 1.99. The van der Waals surface area contributed by atoms with Gasteiger partial charge in [0, 0.05) is 31.2 Å². The second-order valence-corrected chi connectivity index (χ2v) is 5.47. The van der Waals surface area contributed by atoms with E-state index < -0.39 is 0 Å². The maximum Gasteiger partial charge on any atom is 0.236 e. The number of fused-ring (bicyclic) bond motifs is 1. The number of ether oxygens (including phenoxy) is 1. The van der Waals surface area contributed by atoms with Crippen molar-refractivity contribution < 1.29 is 9.53 Å². The minimum Gasteiger partial charge on any atom is -0.383 e. The first-order chi connectivity index (χ1) is 9.22. The summed E-state index contributed by atoms with van der Waals surface area (Å²) in [7, 11) is 1.66. The summed E-state index contributed by atoms with van der Waals surface area (Å²) in [5, 5.41) is 3.09. The second-order valence-electron chi connectivity index (χ2n) is 4.61. The van der Waals surface area contributed by atoms with E-state index in [0.29, 0.717) is 26.2 Å². The number of benzene rings is 1. The van der Waals surface area contributed by atoms with Gasteiger partial charge >= 0.3 is 0 Å². The summed E-state index contributed by atoms with van der Waals surface area (Å²) in [6, 6.07) is 6.22. The standard InChI is InChI=1S/C14H19BrN2O2.ClH/c1-19-8-6-16-9-14(18)17-7-5-11-3-2-4-13(15)12(11)10-17;/h2-4,16H,5-10H2,1H3;1H. The number of nitrogens with zero attached hydrogens (tertiary/aromatic N) is 1. The molecule has 1 aliphatic heterocycles. The number of carbonyl (C=O) groups excluding carboxylic acids is 1. The summed E-state index contributed by atoms with van der Waals surface area (Å²) >= 11 is 3.56. The number of methoxy groups -OCH3 is 1. The number of rotatable bonds is 5. The van der Waals surface area contributed by atoms with Crippen LogP contribution in [0.3, 0.4) is 0 Å². The molecule has 0 radical (unpaired) electrons. The van der Waals surface area contributed by atoms with Crippen LogP contribution in [0.2, 0.25) is 0 Å². The molecular formula is C14H20BrClN2O2. The average molecular weight is 364 g/mol. The zero-order chi connectivity index (χ0) is 13.7.